The number of primary sulfonamides is 1. The average Bonchev–Trinajstić information content (AvgIpc) is 3.37. The number of rotatable bonds is 16. The van der Waals surface area contributed by atoms with E-state index in [-0.39, 0.29) is 45.3 Å². The fourth-order valence-corrected chi connectivity index (χ4v) is 6.40. The van der Waals surface area contributed by atoms with Crippen LogP contribution in [0.15, 0.2) is 58.3 Å². The summed E-state index contributed by atoms with van der Waals surface area (Å²) in [6.45, 7) is 0. The fraction of sp³-hybridized carbons (Fsp3) is 0.360. The number of aromatic nitrogens is 2. The predicted octanol–water partition coefficient (Wildman–Crippen LogP) is 0.930. The summed E-state index contributed by atoms with van der Waals surface area (Å²) in [6.07, 6.45) is 3.17. The molecule has 2 aromatic carbocycles. The molecule has 1 heterocycles. The number of nitrogens with one attached hydrogen (secondary N) is 3. The van der Waals surface area contributed by atoms with Crippen molar-refractivity contribution in [2.24, 2.45) is 10.9 Å². The molecule has 0 saturated heterocycles. The number of thioether (sulfide) groups is 1. The second kappa shape index (κ2) is 16.1. The maximum Gasteiger partial charge on any atom is 0.238 e. The zero-order valence-electron chi connectivity index (χ0n) is 22.7. The third-order valence-corrected chi connectivity index (χ3v) is 9.59. The first kappa shape index (κ1) is 33.6. The molecule has 0 aliphatic rings. The van der Waals surface area contributed by atoms with Crippen LogP contribution < -0.4 is 26.8 Å². The average molecular weight is 656 g/mol. The van der Waals surface area contributed by atoms with Gasteiger partial charge >= 0.3 is 0 Å². The smallest absolute Gasteiger partial charge is 0.238 e. The summed E-state index contributed by atoms with van der Waals surface area (Å²) in [5.41, 5.74) is 7.21. The Morgan fingerprint density at radius 3 is 2.19 bits per heavy atom. The number of amides is 2. The van der Waals surface area contributed by atoms with Crippen LogP contribution in [0, 0.1) is 0 Å². The van der Waals surface area contributed by atoms with Crippen LogP contribution in [0.5, 0.6) is 0 Å². The van der Waals surface area contributed by atoms with Crippen LogP contribution in [-0.2, 0) is 49.6 Å². The molecule has 42 heavy (non-hydrogen) atoms. The Balaban J connectivity index is 1.34. The van der Waals surface area contributed by atoms with Gasteiger partial charge in [-0.3, -0.25) is 14.9 Å². The van der Waals surface area contributed by atoms with E-state index in [1.54, 1.807) is 19.2 Å². The number of anilines is 1. The van der Waals surface area contributed by atoms with Crippen molar-refractivity contribution in [3.8, 4) is 0 Å². The lowest BCUT2D eigenvalue weighted by Gasteiger charge is -2.21. The third-order valence-electron chi connectivity index (χ3n) is 5.84. The molecule has 228 valence electrons. The van der Waals surface area contributed by atoms with Crippen molar-refractivity contribution < 1.29 is 26.4 Å². The molecule has 7 N–H and O–H groups in total. The van der Waals surface area contributed by atoms with Gasteiger partial charge in [-0.2, -0.15) is 0 Å². The van der Waals surface area contributed by atoms with Gasteiger partial charge in [-0.25, -0.2) is 22.0 Å². The third kappa shape index (κ3) is 11.4. The lowest BCUT2D eigenvalue weighted by molar-refractivity contribution is -0.120. The molecule has 0 aliphatic carbocycles. The number of hydrogen-bond donors (Lipinski definition) is 6. The van der Waals surface area contributed by atoms with Crippen molar-refractivity contribution in [3.63, 3.8) is 0 Å². The lowest BCUT2D eigenvalue weighted by atomic mass is 10.1. The van der Waals surface area contributed by atoms with E-state index in [1.807, 2.05) is 0 Å². The molecule has 17 heteroatoms. The summed E-state index contributed by atoms with van der Waals surface area (Å²) in [5.74, 6) is -0.516. The molecule has 3 aromatic rings. The first-order chi connectivity index (χ1) is 19.9. The molecular weight excluding hydrogens is 623 g/mol. The molecule has 0 bridgehead atoms. The van der Waals surface area contributed by atoms with Gasteiger partial charge in [-0.05, 0) is 55.3 Å². The van der Waals surface area contributed by atoms with Crippen LogP contribution in [-0.4, -0.2) is 56.8 Å². The predicted molar refractivity (Wildman–Crippen MR) is 163 cm³/mol. The Morgan fingerprint density at radius 2 is 1.60 bits per heavy atom. The molecule has 2 amide bonds. The van der Waals surface area contributed by atoms with Crippen molar-refractivity contribution in [1.82, 2.24) is 20.8 Å². The first-order valence-electron chi connectivity index (χ1n) is 12.8. The number of carbonyl (C=O) groups excluding carboxylic acids is 2. The van der Waals surface area contributed by atoms with Gasteiger partial charge in [0, 0.05) is 6.42 Å². The number of carbonyl (C=O) groups is 2. The number of unbranched alkanes of at least 4 members (excludes halogenated alkanes) is 1. The van der Waals surface area contributed by atoms with E-state index in [0.717, 1.165) is 17.8 Å². The Bertz CT molecular complexity index is 1520. The molecule has 2 atom stereocenters. The largest absolute Gasteiger partial charge is 0.331 e. The summed E-state index contributed by atoms with van der Waals surface area (Å²) in [7, 11) is -4.72. The molecule has 2 unspecified atom stereocenters. The molecule has 0 aliphatic heterocycles. The maximum absolute atomic E-state index is 12.4. The highest BCUT2D eigenvalue weighted by Gasteiger charge is 2.16. The molecule has 1 aromatic heterocycles. The van der Waals surface area contributed by atoms with Gasteiger partial charge < -0.3 is 16.4 Å². The Hall–Kier alpha value is -2.93. The molecule has 0 fully saturated rings. The van der Waals surface area contributed by atoms with Crippen molar-refractivity contribution >= 4 is 60.8 Å². The summed E-state index contributed by atoms with van der Waals surface area (Å²) < 4.78 is 44.7. The van der Waals surface area contributed by atoms with Crippen molar-refractivity contribution in [3.05, 3.63) is 64.7 Å². The molecule has 0 radical (unpaired) electrons. The minimum atomic E-state index is -3.79. The van der Waals surface area contributed by atoms with Gasteiger partial charge in [0.25, 0.3) is 0 Å². The van der Waals surface area contributed by atoms with Crippen LogP contribution in [0.2, 0.25) is 0 Å². The maximum atomic E-state index is 12.4. The van der Waals surface area contributed by atoms with Gasteiger partial charge in [0.2, 0.25) is 27.0 Å². The highest BCUT2D eigenvalue weighted by molar-refractivity contribution is 8.00. The number of nitrogens with two attached hydrogens (primary N) is 2. The van der Waals surface area contributed by atoms with E-state index < -0.39 is 20.7 Å². The summed E-state index contributed by atoms with van der Waals surface area (Å²) in [6, 6.07) is 11.9. The highest BCUT2D eigenvalue weighted by Crippen LogP contribution is 2.20. The van der Waals surface area contributed by atoms with Crippen LogP contribution in [0.3, 0.4) is 0 Å². The number of benzene rings is 2. The van der Waals surface area contributed by atoms with Crippen molar-refractivity contribution in [2.75, 3.05) is 12.4 Å². The van der Waals surface area contributed by atoms with Gasteiger partial charge in [0.05, 0.1) is 28.0 Å². The quantitative estimate of drug-likeness (QED) is 0.0725. The van der Waals surface area contributed by atoms with Gasteiger partial charge in [0.15, 0.2) is 10.7 Å². The van der Waals surface area contributed by atoms with Crippen LogP contribution in [0.25, 0.3) is 0 Å². The second-order valence-electron chi connectivity index (χ2n) is 9.17. The zero-order valence-corrected chi connectivity index (χ0v) is 26.0. The molecule has 13 nitrogen and oxygen atoms in total. The van der Waals surface area contributed by atoms with Gasteiger partial charge in [0.1, 0.15) is 10.5 Å². The minimum absolute atomic E-state index is 0.0213. The van der Waals surface area contributed by atoms with E-state index in [2.05, 4.69) is 26.1 Å². The van der Waals surface area contributed by atoms with Gasteiger partial charge in [-0.15, -0.1) is 22.0 Å². The number of hydrogen-bond acceptors (Lipinski definition) is 12. The summed E-state index contributed by atoms with van der Waals surface area (Å²) in [5, 5.41) is 22.8. The van der Waals surface area contributed by atoms with Crippen LogP contribution >= 0.6 is 23.1 Å². The Morgan fingerprint density at radius 1 is 0.976 bits per heavy atom. The Kier molecular flexibility index (Phi) is 12.8. The number of aryl methyl sites for hydroxylation is 1. The molecular formula is C25H33N7O6S4. The van der Waals surface area contributed by atoms with E-state index in [9.17, 15) is 26.4 Å². The van der Waals surface area contributed by atoms with Crippen LogP contribution in [0.1, 0.15) is 35.4 Å². The van der Waals surface area contributed by atoms with Crippen molar-refractivity contribution in [1.29, 1.82) is 0 Å². The zero-order chi connectivity index (χ0) is 30.7. The minimum Gasteiger partial charge on any atom is -0.331 e. The van der Waals surface area contributed by atoms with E-state index in [1.165, 1.54) is 59.5 Å². The molecule has 0 saturated carbocycles. The number of thiol groups is 1. The van der Waals surface area contributed by atoms with Gasteiger partial charge in [-0.1, -0.05) is 42.0 Å². The highest BCUT2D eigenvalue weighted by atomic mass is 32.2. The van der Waals surface area contributed by atoms with E-state index in [4.69, 9.17) is 10.9 Å². The standard InChI is InChI=1S/C25H33N7O6S4/c1-28-24(29-21(33)14-16-6-10-18(11-7-16)41(35)36)39-20(26)4-2-3-5-23-31-32-25(40-23)30-22(34)15-17-8-12-19(13-9-17)42(27,37)38/h6-13,20,24,28,41H,2-5,14-15,26H2,1H3,(H,29,33)(H2,27,37,38)(H,30,32,34). The fourth-order valence-electron chi connectivity index (χ4n) is 3.71. The topological polar surface area (TPSA) is 216 Å². The number of nitrogens with zero attached hydrogens (tertiary/aromatic N) is 2. The summed E-state index contributed by atoms with van der Waals surface area (Å²) >= 11 is 2.68. The lowest BCUT2D eigenvalue weighted by Crippen LogP contribution is -2.44. The second-order valence-corrected chi connectivity index (χ2v) is 14.2. The van der Waals surface area contributed by atoms with Crippen molar-refractivity contribution in [2.45, 2.75) is 59.2 Å². The monoisotopic (exact) mass is 655 g/mol. The summed E-state index contributed by atoms with van der Waals surface area (Å²) in [4.78, 5) is 24.9. The SMILES string of the molecule is CNC(NC(=O)Cc1ccc([SH](=O)=O)cc1)SC(N)CCCCc1nnc(NC(=O)Cc2ccc(S(N)(=O)=O)cc2)s1. The number of sulfonamides is 1. The van der Waals surface area contributed by atoms with E-state index in [0.29, 0.717) is 29.1 Å². The normalized spacial score (nSPS) is 13.0. The Labute approximate surface area is 254 Å². The van der Waals surface area contributed by atoms with Crippen LogP contribution in [0.4, 0.5) is 5.13 Å². The molecule has 3 rings (SSSR count). The molecule has 0 spiro atoms. The first-order valence-corrected chi connectivity index (χ1v) is 17.3. The van der Waals surface area contributed by atoms with E-state index >= 15 is 0 Å².